The van der Waals surface area contributed by atoms with Crippen LogP contribution < -0.4 is 5.32 Å². The molecule has 0 bridgehead atoms. The molecule has 0 aromatic carbocycles. The molecule has 1 aromatic heterocycles. The zero-order valence-corrected chi connectivity index (χ0v) is 12.4. The lowest BCUT2D eigenvalue weighted by Gasteiger charge is -2.10. The van der Waals surface area contributed by atoms with Crippen LogP contribution in [0.1, 0.15) is 12.8 Å². The van der Waals surface area contributed by atoms with Gasteiger partial charge >= 0.3 is 0 Å². The second-order valence-electron chi connectivity index (χ2n) is 3.71. The van der Waals surface area contributed by atoms with E-state index >= 15 is 0 Å². The number of nitrogens with zero attached hydrogens (tertiary/aromatic N) is 1. The van der Waals surface area contributed by atoms with Crippen LogP contribution in [0.3, 0.4) is 0 Å². The molecule has 1 N–H and O–H groups in total. The zero-order valence-electron chi connectivity index (χ0n) is 11.7. The molecule has 0 aliphatic carbocycles. The van der Waals surface area contributed by atoms with Gasteiger partial charge in [0.05, 0.1) is 38.5 Å². The number of nitrogens with one attached hydrogen (secondary N) is 1. The Labute approximate surface area is 147 Å². The van der Waals surface area contributed by atoms with Crippen molar-refractivity contribution in [2.24, 2.45) is 0 Å². The number of halogens is 1. The van der Waals surface area contributed by atoms with Gasteiger partial charge in [0.2, 0.25) is 7.26 Å². The molecule has 2 saturated heterocycles. The van der Waals surface area contributed by atoms with Gasteiger partial charge in [0.15, 0.2) is 0 Å². The molecule has 3 heterocycles. The van der Waals surface area contributed by atoms with Gasteiger partial charge in [0.1, 0.15) is 0 Å². The van der Waals surface area contributed by atoms with E-state index in [9.17, 15) is 0 Å². The normalized spacial score (nSPS) is 14.4. The summed E-state index contributed by atoms with van der Waals surface area (Å²) < 4.78 is 9.95. The fourth-order valence-corrected chi connectivity index (χ4v) is 1.34. The van der Waals surface area contributed by atoms with Crippen LogP contribution in [0.4, 0.5) is 0 Å². The van der Waals surface area contributed by atoms with E-state index < -0.39 is 0 Å². The van der Waals surface area contributed by atoms with Crippen molar-refractivity contribution in [3.8, 4) is 0 Å². The first-order valence-corrected chi connectivity index (χ1v) is 7.35. The molecule has 1 aromatic rings. The molecule has 0 amide bonds. The van der Waals surface area contributed by atoms with Crippen molar-refractivity contribution in [2.75, 3.05) is 39.5 Å². The summed E-state index contributed by atoms with van der Waals surface area (Å²) in [6, 6.07) is 5.72. The van der Waals surface area contributed by atoms with E-state index in [1.165, 1.54) is 20.1 Å². The van der Waals surface area contributed by atoms with Gasteiger partial charge in [-0.2, -0.15) is 0 Å². The smallest absolute Gasteiger partial charge is 0.215 e. The van der Waals surface area contributed by atoms with Crippen molar-refractivity contribution >= 4 is 44.0 Å². The Hall–Kier alpha value is -0.420. The predicted molar refractivity (Wildman–Crippen MR) is 112 cm³/mol. The maximum absolute atomic E-state index is 5.01. The Balaban J connectivity index is -0.0000000985. The van der Waals surface area contributed by atoms with Gasteiger partial charge in [-0.05, 0) is 25.0 Å². The molecule has 0 radical (unpaired) electrons. The number of hydrogen-bond donors (Lipinski definition) is 1. The van der Waals surface area contributed by atoms with E-state index in [0.717, 1.165) is 39.5 Å². The van der Waals surface area contributed by atoms with Crippen LogP contribution in [0, 0.1) is 0 Å². The van der Waals surface area contributed by atoms with Crippen molar-refractivity contribution in [3.05, 3.63) is 30.6 Å². The molecular weight excluding hydrogens is 295 g/mol. The number of pyridine rings is 1. The van der Waals surface area contributed by atoms with Crippen LogP contribution >= 0.6 is 11.5 Å². The minimum Gasteiger partial charge on any atom is -0.381 e. The molecule has 126 valence electrons. The molecule has 2 aliphatic heterocycles. The number of rotatable bonds is 0. The number of aromatic nitrogens is 1. The van der Waals surface area contributed by atoms with Crippen molar-refractivity contribution < 1.29 is 9.47 Å². The summed E-state index contributed by atoms with van der Waals surface area (Å²) in [5.41, 5.74) is 0. The predicted octanol–water partition coefficient (Wildman–Crippen LogP) is -2.29. The third-order valence-corrected chi connectivity index (χ3v) is 2.24. The standard InChI is InChI=1S/C5H5N.C4H9NO.C4H8O.BClH2.3BH3/c1-2-4-6-5-3-1;1-3-6-4-2-5-1;1-2-4-5-3-1;1-2;;;/h1-5H;5H,1-4H2;1-4H2;1H2;3*1H3. The van der Waals surface area contributed by atoms with Crippen LogP contribution in [0.2, 0.25) is 0 Å². The molecule has 2 fully saturated rings. The van der Waals surface area contributed by atoms with E-state index in [0.29, 0.717) is 0 Å². The Kier molecular flexibility index (Phi) is 38.6. The lowest BCUT2D eigenvalue weighted by molar-refractivity contribution is 0.109. The first-order valence-electron chi connectivity index (χ1n) is 6.59. The largest absolute Gasteiger partial charge is 0.381 e. The maximum Gasteiger partial charge on any atom is 0.215 e. The van der Waals surface area contributed by atoms with E-state index in [2.05, 4.69) is 21.8 Å². The lowest BCUT2D eigenvalue weighted by atomic mass is 10.4. The summed E-state index contributed by atoms with van der Waals surface area (Å²) in [6.45, 7) is 5.83. The van der Waals surface area contributed by atoms with Crippen molar-refractivity contribution in [3.63, 3.8) is 0 Å². The van der Waals surface area contributed by atoms with Crippen LogP contribution in [0.25, 0.3) is 0 Å². The van der Waals surface area contributed by atoms with Crippen LogP contribution in [-0.2, 0) is 9.47 Å². The molecule has 2 aliphatic rings. The van der Waals surface area contributed by atoms with Crippen molar-refractivity contribution in [2.45, 2.75) is 12.8 Å². The van der Waals surface area contributed by atoms with Crippen LogP contribution in [0.15, 0.2) is 30.6 Å². The minimum absolute atomic E-state index is 0. The highest BCUT2D eigenvalue weighted by Gasteiger charge is 1.94. The molecule has 0 saturated carbocycles. The fraction of sp³-hybridized carbons (Fsp3) is 0.615. The molecule has 0 atom stereocenters. The Bertz CT molecular complexity index is 211. The zero-order chi connectivity index (χ0) is 14.0. The maximum atomic E-state index is 5.01. The monoisotopic (exact) mass is 328 g/mol. The van der Waals surface area contributed by atoms with E-state index in [1.54, 1.807) is 12.4 Å². The molecule has 9 heteroatoms. The number of hydrogen-bond acceptors (Lipinski definition) is 4. The second-order valence-corrected chi connectivity index (χ2v) is 3.71. The molecule has 4 nitrogen and oxygen atoms in total. The minimum atomic E-state index is 0. The highest BCUT2D eigenvalue weighted by Crippen LogP contribution is 1.98. The number of morpholine rings is 1. The Morgan fingerprint density at radius 3 is 1.36 bits per heavy atom. The summed E-state index contributed by atoms with van der Waals surface area (Å²) in [5, 5.41) is 3.16. The van der Waals surface area contributed by atoms with Crippen molar-refractivity contribution in [1.82, 2.24) is 10.3 Å². The Morgan fingerprint density at radius 1 is 0.773 bits per heavy atom. The average Bonchev–Trinajstić information content (AvgIpc) is 3.13. The third kappa shape index (κ3) is 24.6. The van der Waals surface area contributed by atoms with Gasteiger partial charge in [-0.3, -0.25) is 4.98 Å². The van der Waals surface area contributed by atoms with Gasteiger partial charge in [-0.25, -0.2) is 11.5 Å². The highest BCUT2D eigenvalue weighted by atomic mass is 35.5. The Morgan fingerprint density at radius 2 is 1.23 bits per heavy atom. The second kappa shape index (κ2) is 28.7. The summed E-state index contributed by atoms with van der Waals surface area (Å²) in [6.07, 6.45) is 6.06. The van der Waals surface area contributed by atoms with Crippen LogP contribution in [-0.4, -0.2) is 77.0 Å². The molecular formula is C13H33B4ClN2O2. The first kappa shape index (κ1) is 29.6. The quantitative estimate of drug-likeness (QED) is 0.545. The topological polar surface area (TPSA) is 43.4 Å². The summed E-state index contributed by atoms with van der Waals surface area (Å²) >= 11 is 4.64. The SMILES string of the molecule is B.B.B.BCl.C1CCOC1.C1COCCN1.c1ccncc1. The van der Waals surface area contributed by atoms with E-state index in [4.69, 9.17) is 9.47 Å². The van der Waals surface area contributed by atoms with Gasteiger partial charge < -0.3 is 14.8 Å². The van der Waals surface area contributed by atoms with Crippen LogP contribution in [0.5, 0.6) is 0 Å². The number of ether oxygens (including phenoxy) is 2. The fourth-order valence-electron chi connectivity index (χ4n) is 1.34. The van der Waals surface area contributed by atoms with Gasteiger partial charge in [-0.1, -0.05) is 6.07 Å². The summed E-state index contributed by atoms with van der Waals surface area (Å²) in [4.78, 5) is 3.78. The molecule has 0 spiro atoms. The summed E-state index contributed by atoms with van der Waals surface area (Å²) in [5.74, 6) is 0. The first-order chi connectivity index (χ1) is 9.50. The average molecular weight is 328 g/mol. The van der Waals surface area contributed by atoms with Gasteiger partial charge in [-0.15, -0.1) is 0 Å². The van der Waals surface area contributed by atoms with Crippen molar-refractivity contribution in [1.29, 1.82) is 0 Å². The molecule has 22 heavy (non-hydrogen) atoms. The van der Waals surface area contributed by atoms with E-state index in [1.807, 2.05) is 18.2 Å². The molecule has 0 unspecified atom stereocenters. The highest BCUT2D eigenvalue weighted by molar-refractivity contribution is 6.80. The third-order valence-electron chi connectivity index (χ3n) is 2.24. The lowest BCUT2D eigenvalue weighted by Crippen LogP contribution is -2.30. The van der Waals surface area contributed by atoms with E-state index in [-0.39, 0.29) is 25.2 Å². The van der Waals surface area contributed by atoms with Gasteiger partial charge in [0, 0.05) is 38.7 Å². The molecule has 3 rings (SSSR count). The van der Waals surface area contributed by atoms with Gasteiger partial charge in [0.25, 0.3) is 0 Å². The summed E-state index contributed by atoms with van der Waals surface area (Å²) in [7, 11) is 1.47.